The van der Waals surface area contributed by atoms with Crippen molar-refractivity contribution < 1.29 is 13.9 Å². The number of hydrogen-bond acceptors (Lipinski definition) is 2. The first-order chi connectivity index (χ1) is 9.75. The van der Waals surface area contributed by atoms with Crippen LogP contribution in [0.25, 0.3) is 10.8 Å². The van der Waals surface area contributed by atoms with Crippen molar-refractivity contribution in [1.82, 2.24) is 0 Å². The Morgan fingerprint density at radius 2 is 1.80 bits per heavy atom. The van der Waals surface area contributed by atoms with Crippen LogP contribution in [-0.2, 0) is 4.74 Å². The molecule has 1 aliphatic heterocycles. The number of carbonyl (C=O) groups excluding carboxylic acids is 1. The molecular formula is C17H17FO2. The molecule has 3 heteroatoms. The SMILES string of the molecule is O=C(CC1CCOCC1)c1ccc(F)c2ccccc12. The average Bonchev–Trinajstić information content (AvgIpc) is 2.49. The third kappa shape index (κ3) is 2.59. The van der Waals surface area contributed by atoms with E-state index in [2.05, 4.69) is 0 Å². The molecule has 0 spiro atoms. The van der Waals surface area contributed by atoms with Gasteiger partial charge in [0.2, 0.25) is 0 Å². The van der Waals surface area contributed by atoms with Gasteiger partial charge < -0.3 is 4.74 Å². The lowest BCUT2D eigenvalue weighted by molar-refractivity contribution is 0.0601. The highest BCUT2D eigenvalue weighted by molar-refractivity contribution is 6.08. The van der Waals surface area contributed by atoms with Crippen LogP contribution in [0.4, 0.5) is 4.39 Å². The summed E-state index contributed by atoms with van der Waals surface area (Å²) in [6, 6.07) is 10.2. The lowest BCUT2D eigenvalue weighted by atomic mass is 9.90. The van der Waals surface area contributed by atoms with Crippen molar-refractivity contribution in [2.24, 2.45) is 5.92 Å². The van der Waals surface area contributed by atoms with Crippen LogP contribution in [0.2, 0.25) is 0 Å². The van der Waals surface area contributed by atoms with Gasteiger partial charge in [-0.1, -0.05) is 24.3 Å². The van der Waals surface area contributed by atoms with E-state index in [1.807, 2.05) is 12.1 Å². The first-order valence-corrected chi connectivity index (χ1v) is 7.04. The summed E-state index contributed by atoms with van der Waals surface area (Å²) in [5, 5.41) is 1.23. The quantitative estimate of drug-likeness (QED) is 0.790. The van der Waals surface area contributed by atoms with Crippen LogP contribution in [0, 0.1) is 11.7 Å². The number of fused-ring (bicyclic) bond motifs is 1. The number of ether oxygens (including phenoxy) is 1. The maximum Gasteiger partial charge on any atom is 0.163 e. The summed E-state index contributed by atoms with van der Waals surface area (Å²) in [4.78, 5) is 12.5. The van der Waals surface area contributed by atoms with Crippen molar-refractivity contribution in [2.75, 3.05) is 13.2 Å². The Hall–Kier alpha value is -1.74. The number of benzene rings is 2. The third-order valence-corrected chi connectivity index (χ3v) is 3.99. The molecule has 1 aliphatic rings. The third-order valence-electron chi connectivity index (χ3n) is 3.99. The van der Waals surface area contributed by atoms with Crippen LogP contribution < -0.4 is 0 Å². The van der Waals surface area contributed by atoms with E-state index >= 15 is 0 Å². The van der Waals surface area contributed by atoms with Gasteiger partial charge in [0.1, 0.15) is 5.82 Å². The highest BCUT2D eigenvalue weighted by atomic mass is 19.1. The number of halogens is 1. The highest BCUT2D eigenvalue weighted by Crippen LogP contribution is 2.26. The molecule has 20 heavy (non-hydrogen) atoms. The molecule has 2 aromatic carbocycles. The standard InChI is InChI=1S/C17H17FO2/c18-16-6-5-15(13-3-1-2-4-14(13)16)17(19)11-12-7-9-20-10-8-12/h1-6,12H,7-11H2. The predicted octanol–water partition coefficient (Wildman–Crippen LogP) is 3.98. The van der Waals surface area contributed by atoms with Crippen LogP contribution >= 0.6 is 0 Å². The zero-order valence-electron chi connectivity index (χ0n) is 11.3. The fourth-order valence-electron chi connectivity index (χ4n) is 2.83. The fraction of sp³-hybridized carbons (Fsp3) is 0.353. The number of rotatable bonds is 3. The zero-order chi connectivity index (χ0) is 13.9. The van der Waals surface area contributed by atoms with Crippen LogP contribution in [0.1, 0.15) is 29.6 Å². The topological polar surface area (TPSA) is 26.3 Å². The molecule has 104 valence electrons. The minimum atomic E-state index is -0.275. The Morgan fingerprint density at radius 1 is 1.10 bits per heavy atom. The molecule has 1 saturated heterocycles. The van der Waals surface area contributed by atoms with Crippen molar-refractivity contribution in [3.63, 3.8) is 0 Å². The van der Waals surface area contributed by atoms with Crippen LogP contribution in [-0.4, -0.2) is 19.0 Å². The fourth-order valence-corrected chi connectivity index (χ4v) is 2.83. The van der Waals surface area contributed by atoms with Crippen molar-refractivity contribution in [3.8, 4) is 0 Å². The molecule has 0 aromatic heterocycles. The summed E-state index contributed by atoms with van der Waals surface area (Å²) in [6.07, 6.45) is 2.40. The first-order valence-electron chi connectivity index (χ1n) is 7.04. The number of carbonyl (C=O) groups is 1. The number of hydrogen-bond donors (Lipinski definition) is 0. The normalized spacial score (nSPS) is 16.4. The van der Waals surface area contributed by atoms with Gasteiger partial charge >= 0.3 is 0 Å². The smallest absolute Gasteiger partial charge is 0.163 e. The molecule has 0 saturated carbocycles. The Morgan fingerprint density at radius 3 is 2.55 bits per heavy atom. The van der Waals surface area contributed by atoms with Crippen molar-refractivity contribution in [2.45, 2.75) is 19.3 Å². The Labute approximate surface area is 117 Å². The lowest BCUT2D eigenvalue weighted by Gasteiger charge is -2.21. The highest BCUT2D eigenvalue weighted by Gasteiger charge is 2.20. The van der Waals surface area contributed by atoms with Crippen LogP contribution in [0.15, 0.2) is 36.4 Å². The van der Waals surface area contributed by atoms with E-state index < -0.39 is 0 Å². The molecule has 2 nitrogen and oxygen atoms in total. The maximum atomic E-state index is 13.8. The maximum absolute atomic E-state index is 13.8. The van der Waals surface area contributed by atoms with Gasteiger partial charge in [-0.2, -0.15) is 0 Å². The minimum Gasteiger partial charge on any atom is -0.381 e. The molecule has 3 rings (SSSR count). The van der Waals surface area contributed by atoms with Crippen molar-refractivity contribution >= 4 is 16.6 Å². The van der Waals surface area contributed by atoms with E-state index in [1.54, 1.807) is 18.2 Å². The Bertz CT molecular complexity index is 630. The summed E-state index contributed by atoms with van der Waals surface area (Å²) in [5.74, 6) is 0.219. The molecule has 1 fully saturated rings. The van der Waals surface area contributed by atoms with Gasteiger partial charge in [-0.3, -0.25) is 4.79 Å². The predicted molar refractivity (Wildman–Crippen MR) is 76.4 cm³/mol. The molecular weight excluding hydrogens is 255 g/mol. The monoisotopic (exact) mass is 272 g/mol. The molecule has 0 amide bonds. The van der Waals surface area contributed by atoms with Gasteiger partial charge in [-0.15, -0.1) is 0 Å². The first kappa shape index (κ1) is 13.3. The van der Waals surface area contributed by atoms with E-state index in [-0.39, 0.29) is 11.6 Å². The second-order valence-electron chi connectivity index (χ2n) is 5.32. The zero-order valence-corrected chi connectivity index (χ0v) is 11.3. The largest absolute Gasteiger partial charge is 0.381 e. The van der Waals surface area contributed by atoms with Gasteiger partial charge in [0, 0.05) is 30.6 Å². The molecule has 0 bridgehead atoms. The molecule has 0 aliphatic carbocycles. The van der Waals surface area contributed by atoms with Crippen LogP contribution in [0.3, 0.4) is 0 Å². The summed E-state index contributed by atoms with van der Waals surface area (Å²) in [5.41, 5.74) is 0.633. The van der Waals surface area contributed by atoms with E-state index in [9.17, 15) is 9.18 Å². The Kier molecular flexibility index (Phi) is 3.79. The molecule has 2 aromatic rings. The molecule has 1 heterocycles. The number of ketones is 1. The molecule has 0 atom stereocenters. The molecule has 0 radical (unpaired) electrons. The summed E-state index contributed by atoms with van der Waals surface area (Å²) in [6.45, 7) is 1.48. The second-order valence-corrected chi connectivity index (χ2v) is 5.32. The van der Waals surface area contributed by atoms with E-state index in [1.165, 1.54) is 6.07 Å². The van der Waals surface area contributed by atoms with E-state index in [4.69, 9.17) is 4.74 Å². The molecule has 0 unspecified atom stereocenters. The summed E-state index contributed by atoms with van der Waals surface area (Å²) in [7, 11) is 0. The number of Topliss-reactive ketones (excluding diaryl/α,β-unsaturated/α-hetero) is 1. The minimum absolute atomic E-state index is 0.105. The van der Waals surface area contributed by atoms with Gasteiger partial charge in [-0.05, 0) is 36.3 Å². The summed E-state index contributed by atoms with van der Waals surface area (Å²) >= 11 is 0. The van der Waals surface area contributed by atoms with E-state index in [0.717, 1.165) is 26.1 Å². The van der Waals surface area contributed by atoms with Crippen molar-refractivity contribution in [1.29, 1.82) is 0 Å². The second kappa shape index (κ2) is 5.71. The summed E-state index contributed by atoms with van der Waals surface area (Å²) < 4.78 is 19.1. The lowest BCUT2D eigenvalue weighted by Crippen LogP contribution is -2.18. The Balaban J connectivity index is 1.89. The average molecular weight is 272 g/mol. The van der Waals surface area contributed by atoms with E-state index in [0.29, 0.717) is 28.7 Å². The van der Waals surface area contributed by atoms with Gasteiger partial charge in [-0.25, -0.2) is 4.39 Å². The van der Waals surface area contributed by atoms with Crippen molar-refractivity contribution in [3.05, 3.63) is 47.8 Å². The van der Waals surface area contributed by atoms with Crippen LogP contribution in [0.5, 0.6) is 0 Å². The van der Waals surface area contributed by atoms with Gasteiger partial charge in [0.05, 0.1) is 0 Å². The molecule has 0 N–H and O–H groups in total. The van der Waals surface area contributed by atoms with Gasteiger partial charge in [0.15, 0.2) is 5.78 Å². The van der Waals surface area contributed by atoms with Gasteiger partial charge in [0.25, 0.3) is 0 Å².